The third-order valence-corrected chi connectivity index (χ3v) is 5.37. The van der Waals surface area contributed by atoms with E-state index in [1.165, 1.54) is 22.5 Å². The molecule has 8 heteroatoms. The van der Waals surface area contributed by atoms with Gasteiger partial charge in [-0.1, -0.05) is 29.5 Å². The molecule has 156 valence electrons. The number of carbonyl (C=O) groups is 1. The quantitative estimate of drug-likeness (QED) is 0.582. The molecule has 1 atom stereocenters. The Balaban J connectivity index is 1.75. The summed E-state index contributed by atoms with van der Waals surface area (Å²) in [5.41, 5.74) is 2.11. The number of amides is 1. The summed E-state index contributed by atoms with van der Waals surface area (Å²) >= 11 is 1.27. The van der Waals surface area contributed by atoms with Crippen LogP contribution in [0, 0.1) is 6.92 Å². The second-order valence-corrected chi connectivity index (χ2v) is 7.97. The summed E-state index contributed by atoms with van der Waals surface area (Å²) in [6.07, 6.45) is 0. The van der Waals surface area contributed by atoms with Crippen LogP contribution in [0.2, 0.25) is 0 Å². The summed E-state index contributed by atoms with van der Waals surface area (Å²) in [5, 5.41) is 7.39. The van der Waals surface area contributed by atoms with Gasteiger partial charge in [0.2, 0.25) is 5.91 Å². The first-order chi connectivity index (χ1) is 14.4. The molecular weight excluding hydrogens is 402 g/mol. The lowest BCUT2D eigenvalue weighted by Gasteiger charge is -2.14. The van der Waals surface area contributed by atoms with E-state index in [0.717, 1.165) is 5.56 Å². The molecule has 1 N–H and O–H groups in total. The molecule has 30 heavy (non-hydrogen) atoms. The van der Waals surface area contributed by atoms with Crippen molar-refractivity contribution >= 4 is 23.4 Å². The van der Waals surface area contributed by atoms with E-state index in [9.17, 15) is 9.59 Å². The maximum absolute atomic E-state index is 12.7. The van der Waals surface area contributed by atoms with Gasteiger partial charge in [-0.2, -0.15) is 9.78 Å². The van der Waals surface area contributed by atoms with Gasteiger partial charge in [-0.05, 0) is 32.0 Å². The van der Waals surface area contributed by atoms with E-state index < -0.39 is 5.25 Å². The highest BCUT2D eigenvalue weighted by atomic mass is 32.2. The van der Waals surface area contributed by atoms with Crippen molar-refractivity contribution in [1.82, 2.24) is 9.78 Å². The predicted molar refractivity (Wildman–Crippen MR) is 118 cm³/mol. The molecular formula is C22H23N3O4S. The average molecular weight is 426 g/mol. The van der Waals surface area contributed by atoms with Gasteiger partial charge in [-0.3, -0.25) is 9.59 Å². The lowest BCUT2D eigenvalue weighted by atomic mass is 10.2. The summed E-state index contributed by atoms with van der Waals surface area (Å²) in [6, 6.07) is 15.7. The van der Waals surface area contributed by atoms with E-state index in [0.29, 0.717) is 27.9 Å². The third kappa shape index (κ3) is 5.21. The molecule has 0 aliphatic heterocycles. The number of hydrogen-bond donors (Lipinski definition) is 1. The molecule has 0 radical (unpaired) electrons. The smallest absolute Gasteiger partial charge is 0.271 e. The summed E-state index contributed by atoms with van der Waals surface area (Å²) in [6.45, 7) is 3.75. The first-order valence-electron chi connectivity index (χ1n) is 9.27. The van der Waals surface area contributed by atoms with Gasteiger partial charge in [0.25, 0.3) is 5.56 Å². The number of anilines is 1. The monoisotopic (exact) mass is 425 g/mol. The fraction of sp³-hybridized carbons (Fsp3) is 0.227. The van der Waals surface area contributed by atoms with Gasteiger partial charge in [0, 0.05) is 30.0 Å². The second-order valence-electron chi connectivity index (χ2n) is 6.61. The molecule has 0 bridgehead atoms. The number of aryl methyl sites for hydroxylation is 1. The summed E-state index contributed by atoms with van der Waals surface area (Å²) in [7, 11) is 3.10. The molecule has 0 spiro atoms. The number of nitrogens with one attached hydrogen (secondary N) is 1. The second kappa shape index (κ2) is 9.49. The zero-order valence-corrected chi connectivity index (χ0v) is 18.0. The predicted octanol–water partition coefficient (Wildman–Crippen LogP) is 3.68. The minimum absolute atomic E-state index is 0.204. The molecule has 0 saturated carbocycles. The number of benzene rings is 2. The van der Waals surface area contributed by atoms with E-state index in [1.54, 1.807) is 45.4 Å². The highest BCUT2D eigenvalue weighted by molar-refractivity contribution is 8.00. The van der Waals surface area contributed by atoms with E-state index in [4.69, 9.17) is 9.47 Å². The van der Waals surface area contributed by atoms with Crippen molar-refractivity contribution in [3.05, 3.63) is 70.5 Å². The Morgan fingerprint density at radius 3 is 2.27 bits per heavy atom. The summed E-state index contributed by atoms with van der Waals surface area (Å²) in [4.78, 5) is 24.9. The van der Waals surface area contributed by atoms with Crippen molar-refractivity contribution < 1.29 is 14.3 Å². The van der Waals surface area contributed by atoms with Gasteiger partial charge in [0.05, 0.1) is 25.2 Å². The zero-order chi connectivity index (χ0) is 21.7. The Hall–Kier alpha value is -3.26. The van der Waals surface area contributed by atoms with Crippen molar-refractivity contribution in [3.63, 3.8) is 0 Å². The van der Waals surface area contributed by atoms with E-state index in [-0.39, 0.29) is 11.5 Å². The van der Waals surface area contributed by atoms with Crippen LogP contribution in [-0.4, -0.2) is 35.2 Å². The van der Waals surface area contributed by atoms with Gasteiger partial charge in [0.1, 0.15) is 16.5 Å². The topological polar surface area (TPSA) is 82.5 Å². The van der Waals surface area contributed by atoms with Crippen molar-refractivity contribution in [3.8, 4) is 17.2 Å². The van der Waals surface area contributed by atoms with Crippen LogP contribution in [0.1, 0.15) is 12.5 Å². The van der Waals surface area contributed by atoms with Crippen LogP contribution >= 0.6 is 11.8 Å². The van der Waals surface area contributed by atoms with Crippen LogP contribution in [0.25, 0.3) is 5.69 Å². The zero-order valence-electron chi connectivity index (χ0n) is 17.2. The molecule has 1 aromatic heterocycles. The highest BCUT2D eigenvalue weighted by Crippen LogP contribution is 2.27. The van der Waals surface area contributed by atoms with Gasteiger partial charge < -0.3 is 14.8 Å². The van der Waals surface area contributed by atoms with Crippen LogP contribution in [0.4, 0.5) is 5.69 Å². The van der Waals surface area contributed by atoms with Crippen LogP contribution in [0.5, 0.6) is 11.5 Å². The molecule has 0 aliphatic rings. The molecule has 0 saturated heterocycles. The van der Waals surface area contributed by atoms with Crippen molar-refractivity contribution in [1.29, 1.82) is 0 Å². The molecule has 0 aliphatic carbocycles. The number of aromatic nitrogens is 2. The number of methoxy groups -OCH3 is 2. The largest absolute Gasteiger partial charge is 0.497 e. The molecule has 3 rings (SSSR count). The van der Waals surface area contributed by atoms with E-state index >= 15 is 0 Å². The number of nitrogens with zero attached hydrogens (tertiary/aromatic N) is 2. The molecule has 1 heterocycles. The SMILES string of the molecule is COc1cc(NC(=O)[C@H](C)Sc2ccc(=O)n(-c3ccc(C)cc3)n2)cc(OC)c1. The van der Waals surface area contributed by atoms with Gasteiger partial charge in [-0.15, -0.1) is 0 Å². The van der Waals surface area contributed by atoms with Gasteiger partial charge >= 0.3 is 0 Å². The summed E-state index contributed by atoms with van der Waals surface area (Å²) in [5.74, 6) is 0.957. The fourth-order valence-electron chi connectivity index (χ4n) is 2.69. The Kier molecular flexibility index (Phi) is 6.79. The summed E-state index contributed by atoms with van der Waals surface area (Å²) < 4.78 is 11.8. The molecule has 0 unspecified atom stereocenters. The maximum Gasteiger partial charge on any atom is 0.271 e. The van der Waals surface area contributed by atoms with E-state index in [2.05, 4.69) is 10.4 Å². The van der Waals surface area contributed by atoms with Crippen molar-refractivity contribution in [2.45, 2.75) is 24.1 Å². The van der Waals surface area contributed by atoms with Crippen LogP contribution in [0.3, 0.4) is 0 Å². The minimum atomic E-state index is -0.446. The minimum Gasteiger partial charge on any atom is -0.497 e. The van der Waals surface area contributed by atoms with Gasteiger partial charge in [0.15, 0.2) is 0 Å². The Morgan fingerprint density at radius 1 is 1.03 bits per heavy atom. The first kappa shape index (κ1) is 21.4. The van der Waals surface area contributed by atoms with Crippen LogP contribution in [0.15, 0.2) is 64.4 Å². The number of thioether (sulfide) groups is 1. The van der Waals surface area contributed by atoms with Crippen molar-refractivity contribution in [2.75, 3.05) is 19.5 Å². The standard InChI is InChI=1S/C22H23N3O4S/c1-14-5-7-17(8-6-14)25-21(26)10-9-20(24-25)30-15(2)22(27)23-16-11-18(28-3)13-19(12-16)29-4/h5-13,15H,1-4H3,(H,23,27)/t15-/m0/s1. The van der Waals surface area contributed by atoms with Crippen molar-refractivity contribution in [2.24, 2.45) is 0 Å². The van der Waals surface area contributed by atoms with Gasteiger partial charge in [-0.25, -0.2) is 0 Å². The molecule has 3 aromatic rings. The molecule has 1 amide bonds. The average Bonchev–Trinajstić information content (AvgIpc) is 2.75. The molecule has 2 aromatic carbocycles. The first-order valence-corrected chi connectivity index (χ1v) is 10.2. The Labute approximate surface area is 179 Å². The van der Waals surface area contributed by atoms with Crippen LogP contribution < -0.4 is 20.3 Å². The normalized spacial score (nSPS) is 11.6. The fourth-order valence-corrected chi connectivity index (χ4v) is 3.49. The lowest BCUT2D eigenvalue weighted by Crippen LogP contribution is -2.24. The van der Waals surface area contributed by atoms with Crippen LogP contribution in [-0.2, 0) is 4.79 Å². The Morgan fingerprint density at radius 2 is 1.67 bits per heavy atom. The third-order valence-electron chi connectivity index (χ3n) is 4.34. The van der Waals surface area contributed by atoms with E-state index in [1.807, 2.05) is 31.2 Å². The number of carbonyl (C=O) groups excluding carboxylic acids is 1. The number of ether oxygens (including phenoxy) is 2. The Bertz CT molecular complexity index is 1070. The lowest BCUT2D eigenvalue weighted by molar-refractivity contribution is -0.115. The number of rotatable bonds is 7. The maximum atomic E-state index is 12.7. The highest BCUT2D eigenvalue weighted by Gasteiger charge is 2.17. The molecule has 0 fully saturated rings. The molecule has 7 nitrogen and oxygen atoms in total. The number of hydrogen-bond acceptors (Lipinski definition) is 6.